The molecule has 0 unspecified atom stereocenters. The van der Waals surface area contributed by atoms with Gasteiger partial charge in [-0.1, -0.05) is 42.5 Å². The topological polar surface area (TPSA) is 12.4 Å². The van der Waals surface area contributed by atoms with E-state index in [0.717, 1.165) is 21.9 Å². The largest absolute Gasteiger partial charge is 0.779 e. The molecule has 0 aliphatic heterocycles. The summed E-state index contributed by atoms with van der Waals surface area (Å²) in [4.78, 5) is 5.61. The van der Waals surface area contributed by atoms with Gasteiger partial charge in [0.2, 0.25) is 0 Å². The number of benzene rings is 2. The van der Waals surface area contributed by atoms with E-state index >= 15 is 0 Å². The molecule has 0 aliphatic carbocycles. The SMILES string of the molecule is CC(/C=C(\[S-])c1c(C)cccc1C)=Nc1c(C)cccc1C.[V]. The normalized spacial score (nSPS) is 12.0. The zero-order chi connectivity index (χ0) is 16.3. The van der Waals surface area contributed by atoms with Crippen LogP contribution in [0, 0.1) is 27.7 Å². The van der Waals surface area contributed by atoms with Gasteiger partial charge < -0.3 is 12.6 Å². The van der Waals surface area contributed by atoms with Crippen LogP contribution in [0.1, 0.15) is 34.7 Å². The monoisotopic (exact) mass is 359 g/mol. The molecular formula is C20H22NSV-. The number of hydrogen-bond acceptors (Lipinski definition) is 2. The summed E-state index contributed by atoms with van der Waals surface area (Å²) < 4.78 is 0. The molecule has 0 amide bonds. The van der Waals surface area contributed by atoms with Crippen LogP contribution in [-0.2, 0) is 31.2 Å². The van der Waals surface area contributed by atoms with Gasteiger partial charge in [-0.25, -0.2) is 0 Å². The molecule has 119 valence electrons. The number of aliphatic imine (C=N–C) groups is 1. The summed E-state index contributed by atoms with van der Waals surface area (Å²) in [6.45, 7) is 10.4. The van der Waals surface area contributed by atoms with Crippen LogP contribution in [0.4, 0.5) is 5.69 Å². The van der Waals surface area contributed by atoms with Gasteiger partial charge in [0.05, 0.1) is 5.69 Å². The first-order valence-corrected chi connectivity index (χ1v) is 7.87. The number of nitrogens with zero attached hydrogens (tertiary/aromatic N) is 1. The molecule has 1 radical (unpaired) electrons. The molecule has 0 atom stereocenters. The molecule has 0 N–H and O–H groups in total. The van der Waals surface area contributed by atoms with Crippen LogP contribution in [0.15, 0.2) is 47.5 Å². The van der Waals surface area contributed by atoms with Crippen molar-refractivity contribution in [2.75, 3.05) is 0 Å². The van der Waals surface area contributed by atoms with Crippen molar-refractivity contribution in [2.24, 2.45) is 4.99 Å². The van der Waals surface area contributed by atoms with Crippen LogP contribution in [0.3, 0.4) is 0 Å². The summed E-state index contributed by atoms with van der Waals surface area (Å²) >= 11 is 5.62. The minimum absolute atomic E-state index is 0. The van der Waals surface area contributed by atoms with Gasteiger partial charge in [0.15, 0.2) is 0 Å². The summed E-state index contributed by atoms with van der Waals surface area (Å²) in [5.74, 6) is 0. The summed E-state index contributed by atoms with van der Waals surface area (Å²) in [6, 6.07) is 12.5. The maximum atomic E-state index is 5.62. The van der Waals surface area contributed by atoms with Gasteiger partial charge in [0.25, 0.3) is 0 Å². The summed E-state index contributed by atoms with van der Waals surface area (Å²) in [5.41, 5.74) is 7.91. The zero-order valence-corrected chi connectivity index (χ0v) is 16.6. The molecule has 23 heavy (non-hydrogen) atoms. The van der Waals surface area contributed by atoms with E-state index in [1.54, 1.807) is 0 Å². The van der Waals surface area contributed by atoms with E-state index in [4.69, 9.17) is 17.6 Å². The predicted octanol–water partition coefficient (Wildman–Crippen LogP) is 5.60. The second-order valence-electron chi connectivity index (χ2n) is 5.77. The predicted molar refractivity (Wildman–Crippen MR) is 99.9 cm³/mol. The van der Waals surface area contributed by atoms with Gasteiger partial charge in [-0.15, -0.1) is 0 Å². The first kappa shape index (κ1) is 19.7. The fourth-order valence-corrected chi connectivity index (χ4v) is 3.15. The Morgan fingerprint density at radius 1 is 0.870 bits per heavy atom. The Balaban J connectivity index is 0.00000264. The molecule has 0 spiro atoms. The third kappa shape index (κ3) is 4.81. The smallest absolute Gasteiger partial charge is 0.0691 e. The Bertz CT molecular complexity index is 720. The summed E-state index contributed by atoms with van der Waals surface area (Å²) in [5, 5.41) is 0. The first-order chi connectivity index (χ1) is 10.4. The molecule has 0 aromatic heterocycles. The Labute approximate surface area is 157 Å². The molecule has 0 bridgehead atoms. The van der Waals surface area contributed by atoms with E-state index in [1.165, 1.54) is 22.3 Å². The molecule has 0 saturated carbocycles. The van der Waals surface area contributed by atoms with E-state index in [-0.39, 0.29) is 18.6 Å². The average molecular weight is 359 g/mol. The average Bonchev–Trinajstić information content (AvgIpc) is 2.43. The van der Waals surface area contributed by atoms with E-state index in [9.17, 15) is 0 Å². The van der Waals surface area contributed by atoms with Crippen LogP contribution in [0.25, 0.3) is 4.91 Å². The minimum Gasteiger partial charge on any atom is -0.779 e. The summed E-state index contributed by atoms with van der Waals surface area (Å²) in [6.07, 6.45) is 2.00. The number of hydrogen-bond donors (Lipinski definition) is 0. The van der Waals surface area contributed by atoms with Crippen molar-refractivity contribution in [1.82, 2.24) is 0 Å². The van der Waals surface area contributed by atoms with Crippen LogP contribution in [0.2, 0.25) is 0 Å². The number of allylic oxidation sites excluding steroid dienone is 1. The van der Waals surface area contributed by atoms with Crippen LogP contribution in [0.5, 0.6) is 0 Å². The third-order valence-corrected chi connectivity index (χ3v) is 4.12. The van der Waals surface area contributed by atoms with Crippen LogP contribution >= 0.6 is 0 Å². The standard InChI is InChI=1S/C20H23NS.V/c1-13-8-6-9-14(2)19(13)18(22)12-17(5)21-20-15(3)10-7-11-16(20)4;/h6-12,22H,1-5H3;/p-1/b18-12-,21-17?;. The molecule has 0 saturated heterocycles. The van der Waals surface area contributed by atoms with Gasteiger partial charge in [-0.2, -0.15) is 4.91 Å². The maximum absolute atomic E-state index is 5.62. The van der Waals surface area contributed by atoms with Crippen molar-refractivity contribution >= 4 is 28.9 Å². The van der Waals surface area contributed by atoms with Gasteiger partial charge >= 0.3 is 0 Å². The van der Waals surface area contributed by atoms with Gasteiger partial charge in [0, 0.05) is 24.3 Å². The molecule has 0 aliphatic rings. The van der Waals surface area contributed by atoms with Crippen molar-refractivity contribution in [3.63, 3.8) is 0 Å². The molecule has 3 heteroatoms. The fraction of sp³-hybridized carbons (Fsp3) is 0.250. The maximum Gasteiger partial charge on any atom is 0.0691 e. The van der Waals surface area contributed by atoms with Gasteiger partial charge in [0.1, 0.15) is 0 Å². The molecule has 0 fully saturated rings. The third-order valence-electron chi connectivity index (χ3n) is 3.80. The molecular weight excluding hydrogens is 337 g/mol. The number of aryl methyl sites for hydroxylation is 4. The number of para-hydroxylation sites is 1. The Morgan fingerprint density at radius 3 is 1.78 bits per heavy atom. The molecule has 2 aromatic rings. The molecule has 0 heterocycles. The van der Waals surface area contributed by atoms with E-state index in [2.05, 4.69) is 64.1 Å². The minimum atomic E-state index is 0. The molecule has 2 aromatic carbocycles. The van der Waals surface area contributed by atoms with Crippen LogP contribution in [-0.4, -0.2) is 5.71 Å². The van der Waals surface area contributed by atoms with Crippen LogP contribution < -0.4 is 0 Å². The molecule has 1 nitrogen and oxygen atoms in total. The zero-order valence-electron chi connectivity index (χ0n) is 14.3. The van der Waals surface area contributed by atoms with Crippen molar-refractivity contribution in [2.45, 2.75) is 34.6 Å². The number of rotatable bonds is 3. The van der Waals surface area contributed by atoms with Gasteiger partial charge in [-0.05, 0) is 62.4 Å². The Kier molecular flexibility index (Phi) is 7.27. The second kappa shape index (κ2) is 8.49. The molecule has 2 rings (SSSR count). The van der Waals surface area contributed by atoms with E-state index in [0.29, 0.717) is 0 Å². The van der Waals surface area contributed by atoms with Crippen molar-refractivity contribution in [3.05, 3.63) is 70.3 Å². The first-order valence-electron chi connectivity index (χ1n) is 7.47. The Morgan fingerprint density at radius 2 is 1.30 bits per heavy atom. The van der Waals surface area contributed by atoms with Crippen molar-refractivity contribution in [3.8, 4) is 0 Å². The quantitative estimate of drug-likeness (QED) is 0.513. The fourth-order valence-electron chi connectivity index (χ4n) is 2.66. The Hall–Kier alpha value is -1.35. The second-order valence-corrected chi connectivity index (χ2v) is 6.21. The van der Waals surface area contributed by atoms with Crippen molar-refractivity contribution < 1.29 is 18.6 Å². The summed E-state index contributed by atoms with van der Waals surface area (Å²) in [7, 11) is 0. The van der Waals surface area contributed by atoms with E-state index < -0.39 is 0 Å². The van der Waals surface area contributed by atoms with E-state index in [1.807, 2.05) is 13.0 Å². The van der Waals surface area contributed by atoms with Crippen molar-refractivity contribution in [1.29, 1.82) is 0 Å². The van der Waals surface area contributed by atoms with Gasteiger partial charge in [-0.3, -0.25) is 4.99 Å².